The van der Waals surface area contributed by atoms with Gasteiger partial charge in [-0.25, -0.2) is 0 Å². The van der Waals surface area contributed by atoms with Gasteiger partial charge >= 0.3 is 11.9 Å². The zero-order valence-corrected chi connectivity index (χ0v) is 18.3. The van der Waals surface area contributed by atoms with Crippen LogP contribution in [-0.2, 0) is 29.1 Å². The van der Waals surface area contributed by atoms with Crippen LogP contribution in [0.25, 0.3) is 0 Å². The van der Waals surface area contributed by atoms with Gasteiger partial charge in [0, 0.05) is 32.3 Å². The number of carboxylic acids is 2. The van der Waals surface area contributed by atoms with Crippen molar-refractivity contribution in [1.29, 1.82) is 0 Å². The number of unbranched alkanes of at least 4 members (excludes halogenated alkanes) is 10. The second-order valence-corrected chi connectivity index (χ2v) is 5.82. The molecule has 23 heavy (non-hydrogen) atoms. The number of hydrogen-bond donors (Lipinski definition) is 2. The molecule has 0 saturated carbocycles. The van der Waals surface area contributed by atoms with Gasteiger partial charge in [0.1, 0.15) is 0 Å². The molecule has 0 amide bonds. The molecule has 0 atom stereocenters. The summed E-state index contributed by atoms with van der Waals surface area (Å²) in [5.74, 6) is -1.33. The summed E-state index contributed by atoms with van der Waals surface area (Å²) in [6, 6.07) is 0. The molecule has 0 heterocycles. The Bertz CT molecular complexity index is 231. The second-order valence-electron chi connectivity index (χ2n) is 5.82. The van der Waals surface area contributed by atoms with Crippen LogP contribution in [0.1, 0.15) is 104 Å². The monoisotopic (exact) mass is 380 g/mol. The summed E-state index contributed by atoms with van der Waals surface area (Å²) in [6.07, 6.45) is 14.5. The van der Waals surface area contributed by atoms with Crippen molar-refractivity contribution >= 4 is 11.9 Å². The first-order valence-corrected chi connectivity index (χ1v) is 8.98. The summed E-state index contributed by atoms with van der Waals surface area (Å²) in [6.45, 7) is 4.36. The van der Waals surface area contributed by atoms with Gasteiger partial charge in [-0.05, 0) is 12.8 Å². The summed E-state index contributed by atoms with van der Waals surface area (Å²) in [4.78, 5) is 20.2. The molecule has 0 aromatic heterocycles. The molecule has 0 aromatic carbocycles. The van der Waals surface area contributed by atoms with Crippen molar-refractivity contribution in [2.75, 3.05) is 0 Å². The molecular weight excluding hydrogens is 346 g/mol. The zero-order chi connectivity index (χ0) is 17.1. The normalized spacial score (nSPS) is 9.48. The zero-order valence-electron chi connectivity index (χ0n) is 15.3. The van der Waals surface area contributed by atoms with Crippen LogP contribution in [0.3, 0.4) is 0 Å². The third-order valence-corrected chi connectivity index (χ3v) is 3.49. The maximum atomic E-state index is 10.1. The smallest absolute Gasteiger partial charge is 0.303 e. The van der Waals surface area contributed by atoms with Gasteiger partial charge in [0.05, 0.1) is 0 Å². The van der Waals surface area contributed by atoms with E-state index in [-0.39, 0.29) is 19.5 Å². The van der Waals surface area contributed by atoms with E-state index in [9.17, 15) is 9.59 Å². The van der Waals surface area contributed by atoms with Gasteiger partial charge in [0.25, 0.3) is 0 Å². The first kappa shape index (κ1) is 27.4. The van der Waals surface area contributed by atoms with Gasteiger partial charge in [0.2, 0.25) is 0 Å². The summed E-state index contributed by atoms with van der Waals surface area (Å²) in [7, 11) is 0. The van der Waals surface area contributed by atoms with Crippen molar-refractivity contribution in [1.82, 2.24) is 0 Å². The van der Waals surface area contributed by atoms with Crippen LogP contribution in [0, 0.1) is 0 Å². The molecule has 134 valence electrons. The number of carbonyl (C=O) groups is 2. The van der Waals surface area contributed by atoms with Crippen LogP contribution in [0.15, 0.2) is 0 Å². The van der Waals surface area contributed by atoms with Gasteiger partial charge in [0.15, 0.2) is 0 Å². The SMILES string of the molecule is CCCCCCCCC(=O)O.CCCCCCCCC(=O)O.[Zn]. The van der Waals surface area contributed by atoms with E-state index in [1.54, 1.807) is 0 Å². The van der Waals surface area contributed by atoms with Crippen molar-refractivity contribution in [3.05, 3.63) is 0 Å². The fourth-order valence-corrected chi connectivity index (χ4v) is 2.11. The molecule has 4 nitrogen and oxygen atoms in total. The molecular formula is C18H36O4Zn. The minimum atomic E-state index is -0.666. The molecule has 5 heteroatoms. The first-order valence-electron chi connectivity index (χ1n) is 8.98. The summed E-state index contributed by atoms with van der Waals surface area (Å²) >= 11 is 0. The Morgan fingerprint density at radius 1 is 0.565 bits per heavy atom. The van der Waals surface area contributed by atoms with Crippen molar-refractivity contribution in [3.63, 3.8) is 0 Å². The predicted octanol–water partition coefficient (Wildman–Crippen LogP) is 5.64. The van der Waals surface area contributed by atoms with E-state index >= 15 is 0 Å². The van der Waals surface area contributed by atoms with E-state index in [0.717, 1.165) is 25.7 Å². The average Bonchev–Trinajstić information content (AvgIpc) is 2.46. The first-order chi connectivity index (χ1) is 10.5. The van der Waals surface area contributed by atoms with E-state index in [1.165, 1.54) is 51.4 Å². The molecule has 0 aromatic rings. The fourth-order valence-electron chi connectivity index (χ4n) is 2.11. The molecule has 0 aliphatic heterocycles. The molecule has 0 rings (SSSR count). The average molecular weight is 382 g/mol. The quantitative estimate of drug-likeness (QED) is 0.301. The van der Waals surface area contributed by atoms with Gasteiger partial charge in [-0.1, -0.05) is 78.1 Å². The maximum absolute atomic E-state index is 10.1. The Morgan fingerprint density at radius 3 is 1.09 bits per heavy atom. The van der Waals surface area contributed by atoms with E-state index < -0.39 is 11.9 Å². The third kappa shape index (κ3) is 34.1. The second kappa shape index (κ2) is 23.8. The minimum Gasteiger partial charge on any atom is -0.481 e. The van der Waals surface area contributed by atoms with Crippen LogP contribution in [0.5, 0.6) is 0 Å². The standard InChI is InChI=1S/2C9H18O2.Zn/c2*1-2-3-4-5-6-7-8-9(10)11;/h2*2-8H2,1H3,(H,10,11);. The van der Waals surface area contributed by atoms with Crippen LogP contribution < -0.4 is 0 Å². The van der Waals surface area contributed by atoms with Crippen LogP contribution in [-0.4, -0.2) is 22.2 Å². The van der Waals surface area contributed by atoms with E-state index in [4.69, 9.17) is 10.2 Å². The Labute approximate surface area is 155 Å². The Balaban J connectivity index is -0.000000333. The van der Waals surface area contributed by atoms with Gasteiger partial charge in [-0.2, -0.15) is 0 Å². The summed E-state index contributed by atoms with van der Waals surface area (Å²) in [5, 5.41) is 16.6. The molecule has 0 aliphatic carbocycles. The van der Waals surface area contributed by atoms with Gasteiger partial charge in [-0.3, -0.25) is 9.59 Å². The fraction of sp³-hybridized carbons (Fsp3) is 0.889. The van der Waals surface area contributed by atoms with Crippen molar-refractivity contribution < 1.29 is 39.3 Å². The molecule has 0 spiro atoms. The summed E-state index contributed by atoms with van der Waals surface area (Å²) in [5.41, 5.74) is 0. The molecule has 2 N–H and O–H groups in total. The Kier molecular flexibility index (Phi) is 28.4. The van der Waals surface area contributed by atoms with E-state index in [0.29, 0.717) is 12.8 Å². The molecule has 0 bridgehead atoms. The van der Waals surface area contributed by atoms with E-state index in [2.05, 4.69) is 13.8 Å². The Morgan fingerprint density at radius 2 is 0.826 bits per heavy atom. The summed E-state index contributed by atoms with van der Waals surface area (Å²) < 4.78 is 0. The van der Waals surface area contributed by atoms with Crippen LogP contribution >= 0.6 is 0 Å². The number of carboxylic acid groups (broad SMARTS) is 2. The maximum Gasteiger partial charge on any atom is 0.303 e. The topological polar surface area (TPSA) is 74.6 Å². The molecule has 0 aliphatic rings. The molecule has 0 saturated heterocycles. The third-order valence-electron chi connectivity index (χ3n) is 3.49. The van der Waals surface area contributed by atoms with Crippen molar-refractivity contribution in [2.24, 2.45) is 0 Å². The molecule has 0 unspecified atom stereocenters. The predicted molar refractivity (Wildman–Crippen MR) is 91.3 cm³/mol. The van der Waals surface area contributed by atoms with Gasteiger partial charge in [-0.15, -0.1) is 0 Å². The van der Waals surface area contributed by atoms with Crippen molar-refractivity contribution in [3.8, 4) is 0 Å². The van der Waals surface area contributed by atoms with Gasteiger partial charge < -0.3 is 10.2 Å². The van der Waals surface area contributed by atoms with Crippen molar-refractivity contribution in [2.45, 2.75) is 104 Å². The minimum absolute atomic E-state index is 0. The molecule has 0 radical (unpaired) electrons. The van der Waals surface area contributed by atoms with Crippen LogP contribution in [0.4, 0.5) is 0 Å². The molecule has 0 fully saturated rings. The van der Waals surface area contributed by atoms with Crippen LogP contribution in [0.2, 0.25) is 0 Å². The largest absolute Gasteiger partial charge is 0.481 e. The Hall–Kier alpha value is -0.437. The number of hydrogen-bond acceptors (Lipinski definition) is 2. The number of rotatable bonds is 14. The van der Waals surface area contributed by atoms with E-state index in [1.807, 2.05) is 0 Å². The number of aliphatic carboxylic acids is 2.